The van der Waals surface area contributed by atoms with Gasteiger partial charge in [0.25, 0.3) is 0 Å². The number of halogens is 1. The van der Waals surface area contributed by atoms with Crippen LogP contribution in [0, 0.1) is 6.92 Å². The highest BCUT2D eigenvalue weighted by Gasteiger charge is 2.39. The van der Waals surface area contributed by atoms with E-state index in [1.54, 1.807) is 0 Å². The molecule has 3 heterocycles. The van der Waals surface area contributed by atoms with Gasteiger partial charge >= 0.3 is 0 Å². The van der Waals surface area contributed by atoms with E-state index in [1.807, 2.05) is 6.20 Å². The number of aryl methyl sites for hydroxylation is 1. The standard InChI is InChI=1S/C11H13BrN2S/c1-7-2-8(12)4-13-11(7)14-5-10-3-9(14)6-15-10/h2,4,9-10H,3,5-6H2,1H3. The van der Waals surface area contributed by atoms with Crippen molar-refractivity contribution < 1.29 is 0 Å². The van der Waals surface area contributed by atoms with Crippen LogP contribution in [-0.2, 0) is 0 Å². The predicted octanol–water partition coefficient (Wildman–Crippen LogP) is 2.85. The Morgan fingerprint density at radius 1 is 1.60 bits per heavy atom. The van der Waals surface area contributed by atoms with E-state index in [1.165, 1.54) is 30.1 Å². The maximum absolute atomic E-state index is 4.55. The minimum absolute atomic E-state index is 0.729. The van der Waals surface area contributed by atoms with Gasteiger partial charge in [0.05, 0.1) is 0 Å². The molecule has 0 aromatic carbocycles. The van der Waals surface area contributed by atoms with Crippen molar-refractivity contribution in [2.24, 2.45) is 0 Å². The number of nitrogens with zero attached hydrogens (tertiary/aromatic N) is 2. The Hall–Kier alpha value is -0.220. The topological polar surface area (TPSA) is 16.1 Å². The van der Waals surface area contributed by atoms with Gasteiger partial charge in [0.1, 0.15) is 5.82 Å². The van der Waals surface area contributed by atoms with Crippen molar-refractivity contribution in [3.63, 3.8) is 0 Å². The molecule has 2 bridgehead atoms. The van der Waals surface area contributed by atoms with Crippen molar-refractivity contribution in [3.05, 3.63) is 22.3 Å². The Morgan fingerprint density at radius 2 is 2.47 bits per heavy atom. The quantitative estimate of drug-likeness (QED) is 0.789. The Balaban J connectivity index is 1.93. The van der Waals surface area contributed by atoms with Crippen LogP contribution in [0.3, 0.4) is 0 Å². The molecule has 2 atom stereocenters. The van der Waals surface area contributed by atoms with Crippen LogP contribution in [0.2, 0.25) is 0 Å². The molecule has 0 saturated carbocycles. The third kappa shape index (κ3) is 1.68. The van der Waals surface area contributed by atoms with Crippen molar-refractivity contribution in [1.29, 1.82) is 0 Å². The van der Waals surface area contributed by atoms with Gasteiger partial charge in [-0.05, 0) is 40.9 Å². The SMILES string of the molecule is Cc1cc(Br)cnc1N1CC2CC1CS2. The van der Waals surface area contributed by atoms with Crippen LogP contribution in [0.1, 0.15) is 12.0 Å². The first kappa shape index (κ1) is 9.97. The Kier molecular flexibility index (Phi) is 2.44. The minimum Gasteiger partial charge on any atom is -0.351 e. The van der Waals surface area contributed by atoms with Gasteiger partial charge in [0, 0.05) is 34.3 Å². The van der Waals surface area contributed by atoms with Crippen LogP contribution in [0.15, 0.2) is 16.7 Å². The predicted molar refractivity (Wildman–Crippen MR) is 68.7 cm³/mol. The molecule has 1 aromatic rings. The molecule has 80 valence electrons. The number of thioether (sulfide) groups is 1. The molecule has 2 aliphatic heterocycles. The summed E-state index contributed by atoms with van der Waals surface area (Å²) in [5, 5.41) is 0.847. The van der Waals surface area contributed by atoms with Crippen LogP contribution < -0.4 is 4.90 Å². The summed E-state index contributed by atoms with van der Waals surface area (Å²) < 4.78 is 1.07. The molecule has 2 saturated heterocycles. The zero-order valence-corrected chi connectivity index (χ0v) is 11.0. The van der Waals surface area contributed by atoms with Crippen molar-refractivity contribution in [2.45, 2.75) is 24.6 Å². The largest absolute Gasteiger partial charge is 0.351 e. The van der Waals surface area contributed by atoms with Gasteiger partial charge in [0.2, 0.25) is 0 Å². The number of aromatic nitrogens is 1. The van der Waals surface area contributed by atoms with Gasteiger partial charge < -0.3 is 4.90 Å². The molecule has 0 aliphatic carbocycles. The molecule has 0 radical (unpaired) electrons. The third-order valence-corrected chi connectivity index (χ3v) is 5.01. The van der Waals surface area contributed by atoms with E-state index >= 15 is 0 Å². The number of anilines is 1. The highest BCUT2D eigenvalue weighted by molar-refractivity contribution is 9.10. The Bertz CT molecular complexity index is 396. The zero-order valence-electron chi connectivity index (χ0n) is 8.61. The number of rotatable bonds is 1. The normalized spacial score (nSPS) is 28.8. The molecule has 15 heavy (non-hydrogen) atoms. The molecular formula is C11H13BrN2S. The van der Waals surface area contributed by atoms with Crippen molar-refractivity contribution in [1.82, 2.24) is 4.98 Å². The second kappa shape index (κ2) is 3.67. The molecule has 4 heteroatoms. The van der Waals surface area contributed by atoms with Crippen LogP contribution in [0.5, 0.6) is 0 Å². The summed E-state index contributed by atoms with van der Waals surface area (Å²) in [7, 11) is 0. The van der Waals surface area contributed by atoms with Gasteiger partial charge in [-0.15, -0.1) is 0 Å². The number of pyridine rings is 1. The average Bonchev–Trinajstić information content (AvgIpc) is 2.78. The summed E-state index contributed by atoms with van der Waals surface area (Å²) in [6.45, 7) is 3.33. The molecule has 2 aliphatic rings. The molecule has 0 amide bonds. The summed E-state index contributed by atoms with van der Waals surface area (Å²) >= 11 is 5.58. The fraction of sp³-hybridized carbons (Fsp3) is 0.545. The summed E-state index contributed by atoms with van der Waals surface area (Å²) in [5.74, 6) is 2.47. The van der Waals surface area contributed by atoms with Crippen LogP contribution in [0.25, 0.3) is 0 Å². The molecule has 1 aromatic heterocycles. The Labute approximate surface area is 103 Å². The molecule has 0 spiro atoms. The number of hydrogen-bond donors (Lipinski definition) is 0. The monoisotopic (exact) mass is 284 g/mol. The molecule has 0 N–H and O–H groups in total. The van der Waals surface area contributed by atoms with E-state index in [4.69, 9.17) is 0 Å². The fourth-order valence-electron chi connectivity index (χ4n) is 2.49. The summed E-state index contributed by atoms with van der Waals surface area (Å²) in [6.07, 6.45) is 3.25. The van der Waals surface area contributed by atoms with Crippen molar-refractivity contribution >= 4 is 33.5 Å². The molecule has 3 rings (SSSR count). The van der Waals surface area contributed by atoms with Crippen molar-refractivity contribution in [2.75, 3.05) is 17.2 Å². The summed E-state index contributed by atoms with van der Waals surface area (Å²) in [6, 6.07) is 2.88. The first-order chi connectivity index (χ1) is 7.24. The van der Waals surface area contributed by atoms with Gasteiger partial charge in [-0.2, -0.15) is 11.8 Å². The van der Waals surface area contributed by atoms with Crippen LogP contribution in [0.4, 0.5) is 5.82 Å². The zero-order chi connectivity index (χ0) is 10.4. The Morgan fingerprint density at radius 3 is 3.07 bits per heavy atom. The maximum Gasteiger partial charge on any atom is 0.131 e. The number of hydrogen-bond acceptors (Lipinski definition) is 3. The average molecular weight is 285 g/mol. The molecular weight excluding hydrogens is 272 g/mol. The summed E-state index contributed by atoms with van der Waals surface area (Å²) in [5.41, 5.74) is 1.28. The van der Waals surface area contributed by atoms with Crippen LogP contribution >= 0.6 is 27.7 Å². The third-order valence-electron chi connectivity index (χ3n) is 3.19. The van der Waals surface area contributed by atoms with Gasteiger partial charge in [-0.25, -0.2) is 4.98 Å². The minimum atomic E-state index is 0.729. The van der Waals surface area contributed by atoms with E-state index in [0.29, 0.717) is 0 Å². The van der Waals surface area contributed by atoms with E-state index in [2.05, 4.69) is 50.6 Å². The first-order valence-electron chi connectivity index (χ1n) is 5.24. The van der Waals surface area contributed by atoms with Gasteiger partial charge in [-0.3, -0.25) is 0 Å². The lowest BCUT2D eigenvalue weighted by molar-refractivity contribution is 0.749. The summed E-state index contributed by atoms with van der Waals surface area (Å²) in [4.78, 5) is 7.04. The second-order valence-electron chi connectivity index (χ2n) is 4.29. The van der Waals surface area contributed by atoms with E-state index in [9.17, 15) is 0 Å². The van der Waals surface area contributed by atoms with E-state index in [-0.39, 0.29) is 0 Å². The lowest BCUT2D eigenvalue weighted by Crippen LogP contribution is -2.34. The van der Waals surface area contributed by atoms with Gasteiger partial charge in [0.15, 0.2) is 0 Å². The first-order valence-corrected chi connectivity index (χ1v) is 7.08. The fourth-order valence-corrected chi connectivity index (χ4v) is 4.37. The maximum atomic E-state index is 4.55. The lowest BCUT2D eigenvalue weighted by atomic mass is 10.2. The molecule has 2 unspecified atom stereocenters. The molecule has 2 nitrogen and oxygen atoms in total. The number of fused-ring (bicyclic) bond motifs is 2. The lowest BCUT2D eigenvalue weighted by Gasteiger charge is -2.28. The smallest absolute Gasteiger partial charge is 0.131 e. The van der Waals surface area contributed by atoms with Crippen LogP contribution in [-0.4, -0.2) is 28.6 Å². The van der Waals surface area contributed by atoms with Crippen molar-refractivity contribution in [3.8, 4) is 0 Å². The highest BCUT2D eigenvalue weighted by atomic mass is 79.9. The van der Waals surface area contributed by atoms with E-state index in [0.717, 1.165) is 15.8 Å². The van der Waals surface area contributed by atoms with Gasteiger partial charge in [-0.1, -0.05) is 0 Å². The second-order valence-corrected chi connectivity index (χ2v) is 6.54. The highest BCUT2D eigenvalue weighted by Crippen LogP contribution is 2.40. The molecule has 2 fully saturated rings. The van der Waals surface area contributed by atoms with E-state index < -0.39 is 0 Å².